The predicted octanol–water partition coefficient (Wildman–Crippen LogP) is -0.806. The average Bonchev–Trinajstić information content (AvgIpc) is 2.28. The Balaban J connectivity index is 2.55. The van der Waals surface area contributed by atoms with E-state index >= 15 is 0 Å². The standard InChI is InChI=1S/C9H17NO5S/c1-15-9(12)7-16(13,14)10-4-2-8(6-11)3-5-10/h8,11H,2-7H2,1H3. The normalized spacial score (nSPS) is 19.6. The van der Waals surface area contributed by atoms with E-state index in [9.17, 15) is 13.2 Å². The van der Waals surface area contributed by atoms with Crippen LogP contribution in [0, 0.1) is 5.92 Å². The summed E-state index contributed by atoms with van der Waals surface area (Å²) in [5.74, 6) is -1.18. The van der Waals surface area contributed by atoms with Crippen LogP contribution < -0.4 is 0 Å². The number of ether oxygens (including phenoxy) is 1. The van der Waals surface area contributed by atoms with E-state index in [-0.39, 0.29) is 12.5 Å². The van der Waals surface area contributed by atoms with Crippen molar-refractivity contribution in [2.24, 2.45) is 5.92 Å². The molecule has 0 aromatic rings. The molecule has 1 saturated heterocycles. The zero-order valence-electron chi connectivity index (χ0n) is 9.26. The lowest BCUT2D eigenvalue weighted by Crippen LogP contribution is -2.41. The Morgan fingerprint density at radius 2 is 2.00 bits per heavy atom. The number of carbonyl (C=O) groups excluding carboxylic acids is 1. The summed E-state index contributed by atoms with van der Waals surface area (Å²) in [5, 5.41) is 8.92. The molecule has 0 unspecified atom stereocenters. The highest BCUT2D eigenvalue weighted by Gasteiger charge is 2.29. The molecule has 7 heteroatoms. The van der Waals surface area contributed by atoms with Crippen molar-refractivity contribution in [2.75, 3.05) is 32.6 Å². The molecule has 0 spiro atoms. The lowest BCUT2D eigenvalue weighted by molar-refractivity contribution is -0.137. The second-order valence-electron chi connectivity index (χ2n) is 3.86. The second kappa shape index (κ2) is 5.60. The number of sulfonamides is 1. The quantitative estimate of drug-likeness (QED) is 0.661. The van der Waals surface area contributed by atoms with Gasteiger partial charge in [-0.25, -0.2) is 12.7 Å². The van der Waals surface area contributed by atoms with Gasteiger partial charge < -0.3 is 9.84 Å². The van der Waals surface area contributed by atoms with E-state index in [0.29, 0.717) is 25.9 Å². The van der Waals surface area contributed by atoms with Gasteiger partial charge in [-0.1, -0.05) is 0 Å². The summed E-state index contributed by atoms with van der Waals surface area (Å²) in [6.45, 7) is 0.819. The molecule has 0 aromatic carbocycles. The Morgan fingerprint density at radius 1 is 1.44 bits per heavy atom. The minimum absolute atomic E-state index is 0.0882. The number of hydrogen-bond acceptors (Lipinski definition) is 5. The Bertz CT molecular complexity index is 332. The third-order valence-corrected chi connectivity index (χ3v) is 4.51. The zero-order chi connectivity index (χ0) is 12.2. The van der Waals surface area contributed by atoms with Crippen molar-refractivity contribution in [2.45, 2.75) is 12.8 Å². The molecule has 0 atom stereocenters. The molecular formula is C9H17NO5S. The largest absolute Gasteiger partial charge is 0.468 e. The van der Waals surface area contributed by atoms with Crippen molar-refractivity contribution in [1.29, 1.82) is 0 Å². The van der Waals surface area contributed by atoms with Gasteiger partial charge in [-0.15, -0.1) is 0 Å². The van der Waals surface area contributed by atoms with Crippen molar-refractivity contribution in [3.05, 3.63) is 0 Å². The van der Waals surface area contributed by atoms with Crippen molar-refractivity contribution in [3.63, 3.8) is 0 Å². The van der Waals surface area contributed by atoms with E-state index in [0.717, 1.165) is 7.11 Å². The molecule has 16 heavy (non-hydrogen) atoms. The first-order valence-corrected chi connectivity index (χ1v) is 6.76. The van der Waals surface area contributed by atoms with Crippen LogP contribution in [-0.2, 0) is 19.6 Å². The molecule has 0 saturated carbocycles. The Labute approximate surface area is 95.2 Å². The van der Waals surface area contributed by atoms with Gasteiger partial charge in [0.15, 0.2) is 5.75 Å². The van der Waals surface area contributed by atoms with Gasteiger partial charge in [0.05, 0.1) is 7.11 Å². The van der Waals surface area contributed by atoms with E-state index in [1.807, 2.05) is 0 Å². The van der Waals surface area contributed by atoms with E-state index < -0.39 is 21.7 Å². The molecule has 0 radical (unpaired) electrons. The summed E-state index contributed by atoms with van der Waals surface area (Å²) in [7, 11) is -2.39. The van der Waals surface area contributed by atoms with Gasteiger partial charge in [-0.3, -0.25) is 4.79 Å². The van der Waals surface area contributed by atoms with E-state index in [1.165, 1.54) is 4.31 Å². The van der Waals surface area contributed by atoms with Crippen molar-refractivity contribution >= 4 is 16.0 Å². The van der Waals surface area contributed by atoms with Crippen LogP contribution in [0.1, 0.15) is 12.8 Å². The molecule has 1 rings (SSSR count). The van der Waals surface area contributed by atoms with E-state index in [1.54, 1.807) is 0 Å². The first kappa shape index (κ1) is 13.4. The second-order valence-corrected chi connectivity index (χ2v) is 5.83. The van der Waals surface area contributed by atoms with Crippen LogP contribution >= 0.6 is 0 Å². The summed E-state index contributed by atoms with van der Waals surface area (Å²) in [4.78, 5) is 10.9. The lowest BCUT2D eigenvalue weighted by Gasteiger charge is -2.29. The first-order valence-electron chi connectivity index (χ1n) is 5.15. The van der Waals surface area contributed by atoms with Crippen molar-refractivity contribution < 1.29 is 23.1 Å². The maximum atomic E-state index is 11.7. The highest BCUT2D eigenvalue weighted by atomic mass is 32.2. The predicted molar refractivity (Wildman–Crippen MR) is 57.2 cm³/mol. The molecule has 0 aromatic heterocycles. The number of aliphatic hydroxyl groups is 1. The van der Waals surface area contributed by atoms with Gasteiger partial charge in [-0.2, -0.15) is 0 Å². The Morgan fingerprint density at radius 3 is 2.44 bits per heavy atom. The lowest BCUT2D eigenvalue weighted by atomic mass is 10.00. The van der Waals surface area contributed by atoms with Gasteiger partial charge >= 0.3 is 5.97 Å². The van der Waals surface area contributed by atoms with E-state index in [4.69, 9.17) is 5.11 Å². The topological polar surface area (TPSA) is 83.9 Å². The fraction of sp³-hybridized carbons (Fsp3) is 0.889. The summed E-state index contributed by atoms with van der Waals surface area (Å²) in [5.41, 5.74) is 0. The molecule has 0 aliphatic carbocycles. The molecule has 1 aliphatic heterocycles. The number of carbonyl (C=O) groups is 1. The van der Waals surface area contributed by atoms with Crippen LogP contribution in [0.2, 0.25) is 0 Å². The average molecular weight is 251 g/mol. The van der Waals surface area contributed by atoms with Crippen LogP contribution in [0.25, 0.3) is 0 Å². The minimum atomic E-state index is -3.55. The molecule has 0 amide bonds. The summed E-state index contributed by atoms with van der Waals surface area (Å²) in [6.07, 6.45) is 1.27. The smallest absolute Gasteiger partial charge is 0.322 e. The van der Waals surface area contributed by atoms with Gasteiger partial charge in [0, 0.05) is 19.7 Å². The maximum absolute atomic E-state index is 11.7. The summed E-state index contributed by atoms with van der Waals surface area (Å²) in [6, 6.07) is 0. The molecule has 1 fully saturated rings. The molecular weight excluding hydrogens is 234 g/mol. The minimum Gasteiger partial charge on any atom is -0.468 e. The monoisotopic (exact) mass is 251 g/mol. The highest BCUT2D eigenvalue weighted by molar-refractivity contribution is 7.89. The molecule has 0 bridgehead atoms. The summed E-state index contributed by atoms with van der Waals surface area (Å²) >= 11 is 0. The molecule has 1 heterocycles. The third-order valence-electron chi connectivity index (χ3n) is 2.75. The SMILES string of the molecule is COC(=O)CS(=O)(=O)N1CCC(CO)CC1. The number of rotatable bonds is 4. The van der Waals surface area contributed by atoms with Crippen LogP contribution in [0.3, 0.4) is 0 Å². The fourth-order valence-electron chi connectivity index (χ4n) is 1.67. The van der Waals surface area contributed by atoms with Gasteiger partial charge in [-0.05, 0) is 18.8 Å². The molecule has 94 valence electrons. The van der Waals surface area contributed by atoms with Crippen molar-refractivity contribution in [3.8, 4) is 0 Å². The first-order chi connectivity index (χ1) is 7.49. The molecule has 1 N–H and O–H groups in total. The van der Waals surface area contributed by atoms with E-state index in [2.05, 4.69) is 4.74 Å². The number of methoxy groups -OCH3 is 1. The number of aliphatic hydroxyl groups excluding tert-OH is 1. The Kier molecular flexibility index (Phi) is 4.69. The van der Waals surface area contributed by atoms with Crippen LogP contribution in [0.4, 0.5) is 0 Å². The third kappa shape index (κ3) is 3.43. The zero-order valence-corrected chi connectivity index (χ0v) is 10.1. The molecule has 1 aliphatic rings. The number of nitrogens with zero attached hydrogens (tertiary/aromatic N) is 1. The van der Waals surface area contributed by atoms with Crippen LogP contribution in [-0.4, -0.2) is 56.4 Å². The van der Waals surface area contributed by atoms with Crippen LogP contribution in [0.5, 0.6) is 0 Å². The highest BCUT2D eigenvalue weighted by Crippen LogP contribution is 2.19. The number of esters is 1. The van der Waals surface area contributed by atoms with Crippen molar-refractivity contribution in [1.82, 2.24) is 4.31 Å². The van der Waals surface area contributed by atoms with Gasteiger partial charge in [0.25, 0.3) is 0 Å². The summed E-state index contributed by atoms with van der Waals surface area (Å²) < 4.78 is 29.0. The number of piperidine rings is 1. The number of hydrogen-bond donors (Lipinski definition) is 1. The Hall–Kier alpha value is -0.660. The van der Waals surface area contributed by atoms with Gasteiger partial charge in [0.1, 0.15) is 0 Å². The van der Waals surface area contributed by atoms with Gasteiger partial charge in [0.2, 0.25) is 10.0 Å². The van der Waals surface area contributed by atoms with Crippen LogP contribution in [0.15, 0.2) is 0 Å². The molecule has 6 nitrogen and oxygen atoms in total. The maximum Gasteiger partial charge on any atom is 0.322 e. The fourth-order valence-corrected chi connectivity index (χ4v) is 3.03.